The van der Waals surface area contributed by atoms with E-state index in [2.05, 4.69) is 84.4 Å². The topological polar surface area (TPSA) is 29.0 Å². The SMILES string of the molecule is Cc1ccc2c(c1)ncc1ncc(CCc3ccc(N(C)C)cc3)cc12. The molecule has 0 aliphatic carbocycles. The van der Waals surface area contributed by atoms with Crippen molar-refractivity contribution in [2.45, 2.75) is 19.8 Å². The van der Waals surface area contributed by atoms with Crippen LogP contribution in [0.25, 0.3) is 21.8 Å². The van der Waals surface area contributed by atoms with Gasteiger partial charge in [0, 0.05) is 36.8 Å². The second kappa shape index (κ2) is 6.75. The van der Waals surface area contributed by atoms with Crippen LogP contribution in [0.4, 0.5) is 5.69 Å². The summed E-state index contributed by atoms with van der Waals surface area (Å²) in [5.41, 5.74) is 7.08. The van der Waals surface area contributed by atoms with Crippen molar-refractivity contribution in [3.8, 4) is 0 Å². The fourth-order valence-electron chi connectivity index (χ4n) is 3.33. The third kappa shape index (κ3) is 3.25. The Morgan fingerprint density at radius 2 is 1.46 bits per heavy atom. The lowest BCUT2D eigenvalue weighted by atomic mass is 10.0. The monoisotopic (exact) mass is 341 g/mol. The summed E-state index contributed by atoms with van der Waals surface area (Å²) in [6, 6.07) is 17.5. The van der Waals surface area contributed by atoms with Crippen LogP contribution in [0.3, 0.4) is 0 Å². The van der Waals surface area contributed by atoms with Crippen LogP contribution in [0.5, 0.6) is 0 Å². The number of aromatic nitrogens is 2. The van der Waals surface area contributed by atoms with Crippen LogP contribution in [-0.2, 0) is 12.8 Å². The highest BCUT2D eigenvalue weighted by molar-refractivity contribution is 6.04. The maximum absolute atomic E-state index is 4.63. The molecule has 0 unspecified atom stereocenters. The molecule has 0 amide bonds. The number of hydrogen-bond donors (Lipinski definition) is 0. The van der Waals surface area contributed by atoms with Gasteiger partial charge in [0.05, 0.1) is 17.2 Å². The van der Waals surface area contributed by atoms with Crippen molar-refractivity contribution in [3.63, 3.8) is 0 Å². The third-order valence-corrected chi connectivity index (χ3v) is 4.90. The zero-order valence-electron chi connectivity index (χ0n) is 15.5. The lowest BCUT2D eigenvalue weighted by Crippen LogP contribution is -2.08. The highest BCUT2D eigenvalue weighted by Crippen LogP contribution is 2.24. The first-order valence-corrected chi connectivity index (χ1v) is 9.00. The van der Waals surface area contributed by atoms with E-state index in [9.17, 15) is 0 Å². The average Bonchev–Trinajstić information content (AvgIpc) is 2.66. The molecule has 0 aliphatic heterocycles. The Hall–Kier alpha value is -2.94. The molecule has 2 heterocycles. The van der Waals surface area contributed by atoms with Gasteiger partial charge >= 0.3 is 0 Å². The minimum absolute atomic E-state index is 0.959. The summed E-state index contributed by atoms with van der Waals surface area (Å²) in [7, 11) is 4.13. The van der Waals surface area contributed by atoms with E-state index in [1.54, 1.807) is 0 Å². The van der Waals surface area contributed by atoms with Gasteiger partial charge in [-0.2, -0.15) is 0 Å². The Morgan fingerprint density at radius 3 is 2.23 bits per heavy atom. The fourth-order valence-corrected chi connectivity index (χ4v) is 3.33. The number of anilines is 1. The van der Waals surface area contributed by atoms with Crippen molar-refractivity contribution in [2.24, 2.45) is 0 Å². The van der Waals surface area contributed by atoms with Gasteiger partial charge < -0.3 is 4.90 Å². The number of rotatable bonds is 4. The van der Waals surface area contributed by atoms with Gasteiger partial charge in [0.2, 0.25) is 0 Å². The van der Waals surface area contributed by atoms with E-state index in [4.69, 9.17) is 0 Å². The number of benzene rings is 2. The first kappa shape index (κ1) is 16.5. The molecule has 0 saturated heterocycles. The molecular formula is C23H23N3. The molecule has 2 aromatic carbocycles. The van der Waals surface area contributed by atoms with Gasteiger partial charge in [-0.05, 0) is 60.7 Å². The van der Waals surface area contributed by atoms with Crippen molar-refractivity contribution in [1.29, 1.82) is 0 Å². The summed E-state index contributed by atoms with van der Waals surface area (Å²) < 4.78 is 0. The van der Waals surface area contributed by atoms with Crippen molar-refractivity contribution in [3.05, 3.63) is 77.6 Å². The van der Waals surface area contributed by atoms with Gasteiger partial charge in [0.1, 0.15) is 0 Å². The molecule has 4 aromatic rings. The Bertz CT molecular complexity index is 1070. The molecular weight excluding hydrogens is 318 g/mol. The molecule has 0 N–H and O–H groups in total. The molecule has 0 fully saturated rings. The largest absolute Gasteiger partial charge is 0.378 e. The number of aryl methyl sites for hydroxylation is 3. The predicted molar refractivity (Wildman–Crippen MR) is 110 cm³/mol. The second-order valence-electron chi connectivity index (χ2n) is 7.12. The first-order chi connectivity index (χ1) is 12.6. The normalized spacial score (nSPS) is 11.2. The Kier molecular flexibility index (Phi) is 4.29. The third-order valence-electron chi connectivity index (χ3n) is 4.90. The van der Waals surface area contributed by atoms with Crippen LogP contribution < -0.4 is 4.90 Å². The first-order valence-electron chi connectivity index (χ1n) is 9.00. The van der Waals surface area contributed by atoms with Gasteiger partial charge in [-0.3, -0.25) is 9.97 Å². The van der Waals surface area contributed by atoms with E-state index < -0.39 is 0 Å². The predicted octanol–water partition coefficient (Wildman–Crippen LogP) is 4.94. The molecule has 0 aliphatic rings. The Morgan fingerprint density at radius 1 is 0.731 bits per heavy atom. The van der Waals surface area contributed by atoms with E-state index in [1.807, 2.05) is 12.4 Å². The van der Waals surface area contributed by atoms with Crippen LogP contribution in [0.2, 0.25) is 0 Å². The van der Waals surface area contributed by atoms with Crippen LogP contribution in [-0.4, -0.2) is 24.1 Å². The Labute approximate surface area is 154 Å². The van der Waals surface area contributed by atoms with E-state index in [-0.39, 0.29) is 0 Å². The highest BCUT2D eigenvalue weighted by atomic mass is 15.1. The molecule has 3 nitrogen and oxygen atoms in total. The zero-order chi connectivity index (χ0) is 18.1. The summed E-state index contributed by atoms with van der Waals surface area (Å²) in [5.74, 6) is 0. The second-order valence-corrected chi connectivity index (χ2v) is 7.12. The molecule has 0 bridgehead atoms. The van der Waals surface area contributed by atoms with Gasteiger partial charge in [-0.25, -0.2) is 0 Å². The van der Waals surface area contributed by atoms with E-state index in [0.717, 1.165) is 23.9 Å². The summed E-state index contributed by atoms with van der Waals surface area (Å²) in [5, 5.41) is 2.37. The molecule has 130 valence electrons. The average molecular weight is 341 g/mol. The van der Waals surface area contributed by atoms with Crippen LogP contribution in [0.15, 0.2) is 60.9 Å². The van der Waals surface area contributed by atoms with Crippen molar-refractivity contribution in [2.75, 3.05) is 19.0 Å². The molecule has 26 heavy (non-hydrogen) atoms. The summed E-state index contributed by atoms with van der Waals surface area (Å²) >= 11 is 0. The Balaban J connectivity index is 1.61. The lowest BCUT2D eigenvalue weighted by molar-refractivity contribution is 0.953. The summed E-state index contributed by atoms with van der Waals surface area (Å²) in [6.07, 6.45) is 5.86. The quantitative estimate of drug-likeness (QED) is 0.492. The molecule has 2 aromatic heterocycles. The molecule has 0 radical (unpaired) electrons. The van der Waals surface area contributed by atoms with Gasteiger partial charge in [0.25, 0.3) is 0 Å². The maximum atomic E-state index is 4.63. The minimum Gasteiger partial charge on any atom is -0.378 e. The molecule has 3 heteroatoms. The number of pyridine rings is 2. The molecule has 0 atom stereocenters. The summed E-state index contributed by atoms with van der Waals surface area (Å²) in [4.78, 5) is 11.3. The molecule has 4 rings (SSSR count). The lowest BCUT2D eigenvalue weighted by Gasteiger charge is -2.12. The molecule has 0 saturated carbocycles. The fraction of sp³-hybridized carbons (Fsp3) is 0.217. The van der Waals surface area contributed by atoms with Crippen molar-refractivity contribution in [1.82, 2.24) is 9.97 Å². The molecule has 0 spiro atoms. The standard InChI is InChI=1S/C23H23N3/c1-16-4-11-20-21-13-18(14-24-23(21)15-25-22(20)12-16)6-5-17-7-9-19(10-8-17)26(2)3/h4,7-15H,5-6H2,1-3H3. The zero-order valence-corrected chi connectivity index (χ0v) is 15.5. The minimum atomic E-state index is 0.959. The van der Waals surface area contributed by atoms with Gasteiger partial charge in [-0.15, -0.1) is 0 Å². The van der Waals surface area contributed by atoms with Crippen molar-refractivity contribution < 1.29 is 0 Å². The maximum Gasteiger partial charge on any atom is 0.0891 e. The highest BCUT2D eigenvalue weighted by Gasteiger charge is 2.05. The van der Waals surface area contributed by atoms with Crippen LogP contribution in [0.1, 0.15) is 16.7 Å². The van der Waals surface area contributed by atoms with Gasteiger partial charge in [0.15, 0.2) is 0 Å². The van der Waals surface area contributed by atoms with Crippen LogP contribution >= 0.6 is 0 Å². The van der Waals surface area contributed by atoms with E-state index >= 15 is 0 Å². The number of fused-ring (bicyclic) bond motifs is 3. The van der Waals surface area contributed by atoms with E-state index in [1.165, 1.54) is 33.2 Å². The smallest absolute Gasteiger partial charge is 0.0891 e. The van der Waals surface area contributed by atoms with E-state index in [0.29, 0.717) is 0 Å². The van der Waals surface area contributed by atoms with Crippen molar-refractivity contribution >= 4 is 27.5 Å². The van der Waals surface area contributed by atoms with Crippen LogP contribution in [0, 0.1) is 6.92 Å². The number of nitrogens with zero attached hydrogens (tertiary/aromatic N) is 3. The van der Waals surface area contributed by atoms with Gasteiger partial charge in [-0.1, -0.05) is 24.3 Å². The number of hydrogen-bond acceptors (Lipinski definition) is 3. The summed E-state index contributed by atoms with van der Waals surface area (Å²) in [6.45, 7) is 2.10.